The first-order valence-corrected chi connectivity index (χ1v) is 4.39. The van der Waals surface area contributed by atoms with Crippen LogP contribution in [-0.2, 0) is 6.54 Å². The number of anilines is 1. The Bertz CT molecular complexity index is 343. The molecule has 68 valence electrons. The third-order valence-electron chi connectivity index (χ3n) is 2.56. The number of nitrogens with zero attached hydrogens (tertiary/aromatic N) is 3. The lowest BCUT2D eigenvalue weighted by Crippen LogP contribution is -2.11. The number of hydrogen-bond acceptors (Lipinski definition) is 3. The van der Waals surface area contributed by atoms with Gasteiger partial charge in [-0.1, -0.05) is 0 Å². The fourth-order valence-corrected chi connectivity index (χ4v) is 1.54. The zero-order valence-corrected chi connectivity index (χ0v) is 7.40. The van der Waals surface area contributed by atoms with Crippen molar-refractivity contribution in [1.82, 2.24) is 9.78 Å². The van der Waals surface area contributed by atoms with Crippen molar-refractivity contribution >= 4 is 5.69 Å². The molecule has 0 spiro atoms. The molecule has 2 rings (SSSR count). The van der Waals surface area contributed by atoms with Crippen molar-refractivity contribution in [3.8, 4) is 6.07 Å². The average molecular weight is 176 g/mol. The van der Waals surface area contributed by atoms with Crippen LogP contribution in [-0.4, -0.2) is 9.78 Å². The summed E-state index contributed by atoms with van der Waals surface area (Å²) >= 11 is 0. The fraction of sp³-hybridized carbons (Fsp3) is 0.556. The minimum absolute atomic E-state index is 0.202. The standard InChI is InChI=1S/C9H12N4/c10-4-3-9(1-2-9)7-13-6-8(11)5-12-13/h5-6H,1-3,7,11H2. The Kier molecular flexibility index (Phi) is 1.73. The maximum absolute atomic E-state index is 8.62. The SMILES string of the molecule is N#CCC1(Cn2cc(N)cn2)CC1. The molecule has 0 bridgehead atoms. The Morgan fingerprint density at radius 2 is 2.46 bits per heavy atom. The van der Waals surface area contributed by atoms with Gasteiger partial charge in [-0.25, -0.2) is 0 Å². The van der Waals surface area contributed by atoms with E-state index in [0.29, 0.717) is 12.1 Å². The molecule has 1 aliphatic rings. The molecule has 1 aromatic rings. The number of nitrogens with two attached hydrogens (primary N) is 1. The average Bonchev–Trinajstić information content (AvgIpc) is 2.70. The van der Waals surface area contributed by atoms with Gasteiger partial charge in [-0.05, 0) is 12.8 Å². The van der Waals surface area contributed by atoms with E-state index in [2.05, 4.69) is 11.2 Å². The molecule has 1 aliphatic carbocycles. The quantitative estimate of drug-likeness (QED) is 0.751. The number of rotatable bonds is 3. The van der Waals surface area contributed by atoms with Gasteiger partial charge in [0, 0.05) is 24.6 Å². The third kappa shape index (κ3) is 1.64. The molecule has 1 saturated carbocycles. The summed E-state index contributed by atoms with van der Waals surface area (Å²) < 4.78 is 1.83. The van der Waals surface area contributed by atoms with E-state index in [-0.39, 0.29) is 5.41 Å². The predicted octanol–water partition coefficient (Wildman–Crippen LogP) is 1.16. The summed E-state index contributed by atoms with van der Waals surface area (Å²) in [7, 11) is 0. The number of nitriles is 1. The molecule has 13 heavy (non-hydrogen) atoms. The maximum atomic E-state index is 8.62. The van der Waals surface area contributed by atoms with Crippen LogP contribution in [0.3, 0.4) is 0 Å². The highest BCUT2D eigenvalue weighted by Gasteiger charge is 2.42. The summed E-state index contributed by atoms with van der Waals surface area (Å²) in [6.07, 6.45) is 6.37. The summed E-state index contributed by atoms with van der Waals surface area (Å²) in [5.41, 5.74) is 6.43. The lowest BCUT2D eigenvalue weighted by molar-refractivity contribution is 0.405. The van der Waals surface area contributed by atoms with Crippen molar-refractivity contribution in [2.45, 2.75) is 25.8 Å². The lowest BCUT2D eigenvalue weighted by atomic mass is 10.0. The van der Waals surface area contributed by atoms with Gasteiger partial charge in [0.2, 0.25) is 0 Å². The second-order valence-electron chi connectivity index (χ2n) is 3.81. The van der Waals surface area contributed by atoms with E-state index >= 15 is 0 Å². The van der Waals surface area contributed by atoms with Crippen LogP contribution in [0, 0.1) is 16.7 Å². The second-order valence-corrected chi connectivity index (χ2v) is 3.81. The van der Waals surface area contributed by atoms with Gasteiger partial charge in [0.15, 0.2) is 0 Å². The molecule has 0 saturated heterocycles. The van der Waals surface area contributed by atoms with E-state index in [1.807, 2.05) is 10.9 Å². The smallest absolute Gasteiger partial charge is 0.0719 e. The number of hydrogen-bond donors (Lipinski definition) is 1. The van der Waals surface area contributed by atoms with Crippen LogP contribution in [0.15, 0.2) is 12.4 Å². The molecule has 0 unspecified atom stereocenters. The molecule has 0 aromatic carbocycles. The predicted molar refractivity (Wildman–Crippen MR) is 48.5 cm³/mol. The highest BCUT2D eigenvalue weighted by Crippen LogP contribution is 2.49. The largest absolute Gasteiger partial charge is 0.396 e. The molecule has 0 radical (unpaired) electrons. The second kappa shape index (κ2) is 2.77. The molecular formula is C9H12N4. The molecular weight excluding hydrogens is 164 g/mol. The maximum Gasteiger partial charge on any atom is 0.0719 e. The fourth-order valence-electron chi connectivity index (χ4n) is 1.54. The summed E-state index contributed by atoms with van der Waals surface area (Å²) in [4.78, 5) is 0. The molecule has 2 N–H and O–H groups in total. The van der Waals surface area contributed by atoms with Crippen LogP contribution < -0.4 is 5.73 Å². The van der Waals surface area contributed by atoms with Crippen molar-refractivity contribution in [1.29, 1.82) is 5.26 Å². The minimum atomic E-state index is 0.202. The van der Waals surface area contributed by atoms with Crippen LogP contribution in [0.4, 0.5) is 5.69 Å². The van der Waals surface area contributed by atoms with Crippen LogP contribution in [0.2, 0.25) is 0 Å². The van der Waals surface area contributed by atoms with Crippen molar-refractivity contribution in [2.75, 3.05) is 5.73 Å². The topological polar surface area (TPSA) is 67.6 Å². The first kappa shape index (κ1) is 8.11. The molecule has 0 amide bonds. The van der Waals surface area contributed by atoms with E-state index in [0.717, 1.165) is 19.4 Å². The Morgan fingerprint density at radius 1 is 1.69 bits per heavy atom. The van der Waals surface area contributed by atoms with E-state index in [1.54, 1.807) is 6.20 Å². The zero-order chi connectivity index (χ0) is 9.31. The van der Waals surface area contributed by atoms with Gasteiger partial charge in [0.1, 0.15) is 0 Å². The highest BCUT2D eigenvalue weighted by molar-refractivity contribution is 5.30. The first-order chi connectivity index (χ1) is 6.24. The van der Waals surface area contributed by atoms with Crippen LogP contribution >= 0.6 is 0 Å². The van der Waals surface area contributed by atoms with Gasteiger partial charge < -0.3 is 5.73 Å². The van der Waals surface area contributed by atoms with Crippen LogP contribution in [0.1, 0.15) is 19.3 Å². The van der Waals surface area contributed by atoms with E-state index in [1.165, 1.54) is 0 Å². The molecule has 0 aliphatic heterocycles. The molecule has 0 atom stereocenters. The normalized spacial score (nSPS) is 18.1. The molecule has 1 heterocycles. The lowest BCUT2D eigenvalue weighted by Gasteiger charge is -2.09. The third-order valence-corrected chi connectivity index (χ3v) is 2.56. The Morgan fingerprint density at radius 3 is 2.92 bits per heavy atom. The van der Waals surface area contributed by atoms with Crippen molar-refractivity contribution in [3.63, 3.8) is 0 Å². The Balaban J connectivity index is 2.02. The molecule has 1 fully saturated rings. The number of aromatic nitrogens is 2. The van der Waals surface area contributed by atoms with Gasteiger partial charge in [0.25, 0.3) is 0 Å². The van der Waals surface area contributed by atoms with E-state index in [9.17, 15) is 0 Å². The van der Waals surface area contributed by atoms with Gasteiger partial charge in [0.05, 0.1) is 18.0 Å². The zero-order valence-electron chi connectivity index (χ0n) is 7.40. The van der Waals surface area contributed by atoms with E-state index in [4.69, 9.17) is 11.0 Å². The van der Waals surface area contributed by atoms with Crippen molar-refractivity contribution in [2.24, 2.45) is 5.41 Å². The summed E-state index contributed by atoms with van der Waals surface area (Å²) in [6.45, 7) is 0.831. The van der Waals surface area contributed by atoms with Gasteiger partial charge >= 0.3 is 0 Å². The van der Waals surface area contributed by atoms with Crippen LogP contribution in [0.5, 0.6) is 0 Å². The first-order valence-electron chi connectivity index (χ1n) is 4.39. The monoisotopic (exact) mass is 176 g/mol. The van der Waals surface area contributed by atoms with Crippen LogP contribution in [0.25, 0.3) is 0 Å². The van der Waals surface area contributed by atoms with Crippen molar-refractivity contribution in [3.05, 3.63) is 12.4 Å². The van der Waals surface area contributed by atoms with Gasteiger partial charge in [-0.3, -0.25) is 4.68 Å². The van der Waals surface area contributed by atoms with Gasteiger partial charge in [-0.15, -0.1) is 0 Å². The molecule has 4 heteroatoms. The Hall–Kier alpha value is -1.50. The molecule has 1 aromatic heterocycles. The molecule has 4 nitrogen and oxygen atoms in total. The van der Waals surface area contributed by atoms with Gasteiger partial charge in [-0.2, -0.15) is 10.4 Å². The Labute approximate surface area is 77.0 Å². The van der Waals surface area contributed by atoms with Crippen molar-refractivity contribution < 1.29 is 0 Å². The number of nitrogen functional groups attached to an aromatic ring is 1. The summed E-state index contributed by atoms with van der Waals surface area (Å²) in [6, 6.07) is 2.23. The highest BCUT2D eigenvalue weighted by atomic mass is 15.3. The minimum Gasteiger partial charge on any atom is -0.396 e. The summed E-state index contributed by atoms with van der Waals surface area (Å²) in [5, 5.41) is 12.7. The van der Waals surface area contributed by atoms with E-state index < -0.39 is 0 Å². The summed E-state index contributed by atoms with van der Waals surface area (Å²) in [5.74, 6) is 0.